The molecule has 0 saturated carbocycles. The first-order valence-corrected chi connectivity index (χ1v) is 6.55. The molecule has 0 atom stereocenters. The second-order valence-corrected chi connectivity index (χ2v) is 5.31. The van der Waals surface area contributed by atoms with Crippen LogP contribution in [-0.2, 0) is 14.3 Å². The Hall–Kier alpha value is -1.88. The normalized spacial score (nSPS) is 13.9. The molecule has 0 unspecified atom stereocenters. The molecular formula is C14H14ClNO4. The van der Waals surface area contributed by atoms with Crippen molar-refractivity contribution in [1.82, 2.24) is 0 Å². The summed E-state index contributed by atoms with van der Waals surface area (Å²) in [5.41, 5.74) is 1.34. The number of halogens is 1. The van der Waals surface area contributed by atoms with Crippen molar-refractivity contribution in [3.63, 3.8) is 0 Å². The molecule has 1 amide bonds. The first-order valence-electron chi connectivity index (χ1n) is 6.17. The van der Waals surface area contributed by atoms with Gasteiger partial charge in [0.25, 0.3) is 11.7 Å². The van der Waals surface area contributed by atoms with Crippen LogP contribution in [-0.4, -0.2) is 30.3 Å². The largest absolute Gasteiger partial charge is 0.462 e. The van der Waals surface area contributed by atoms with Gasteiger partial charge in [-0.05, 0) is 38.5 Å². The Morgan fingerprint density at radius 2 is 2.00 bits per heavy atom. The maximum absolute atomic E-state index is 12.0. The number of carbonyl (C=O) groups is 3. The van der Waals surface area contributed by atoms with E-state index in [1.54, 1.807) is 26.8 Å². The van der Waals surface area contributed by atoms with Gasteiger partial charge in [0.1, 0.15) is 6.54 Å². The molecule has 0 N–H and O–H groups in total. The zero-order valence-electron chi connectivity index (χ0n) is 11.4. The average Bonchev–Trinajstić information content (AvgIpc) is 2.53. The van der Waals surface area contributed by atoms with Crippen molar-refractivity contribution in [1.29, 1.82) is 0 Å². The minimum absolute atomic E-state index is 0.234. The predicted octanol–water partition coefficient (Wildman–Crippen LogP) is 2.13. The van der Waals surface area contributed by atoms with E-state index in [2.05, 4.69) is 0 Å². The van der Waals surface area contributed by atoms with Crippen LogP contribution in [0.5, 0.6) is 0 Å². The molecule has 1 aromatic carbocycles. The fourth-order valence-corrected chi connectivity index (χ4v) is 2.46. The molecule has 2 rings (SSSR count). The summed E-state index contributed by atoms with van der Waals surface area (Å²) in [6.07, 6.45) is -0.276. The van der Waals surface area contributed by atoms with Gasteiger partial charge in [-0.25, -0.2) is 0 Å². The van der Waals surface area contributed by atoms with Gasteiger partial charge < -0.3 is 4.74 Å². The number of ketones is 1. The molecular weight excluding hydrogens is 282 g/mol. The van der Waals surface area contributed by atoms with Gasteiger partial charge in [-0.3, -0.25) is 19.3 Å². The lowest BCUT2D eigenvalue weighted by Gasteiger charge is -2.18. The Balaban J connectivity index is 2.36. The minimum atomic E-state index is -0.730. The van der Waals surface area contributed by atoms with E-state index in [9.17, 15) is 14.4 Å². The number of esters is 1. The summed E-state index contributed by atoms with van der Waals surface area (Å²) in [7, 11) is 0. The standard InChI is InChI=1S/C14H14ClNO4/c1-7(2)20-11(17)6-16-12-8(3)4-9(15)5-10(12)13(18)14(16)19/h4-5,7H,6H2,1-3H3. The smallest absolute Gasteiger partial charge is 0.326 e. The van der Waals surface area contributed by atoms with E-state index in [1.165, 1.54) is 6.07 Å². The fraction of sp³-hybridized carbons (Fsp3) is 0.357. The van der Waals surface area contributed by atoms with Crippen LogP contribution in [0.3, 0.4) is 0 Å². The molecule has 0 spiro atoms. The van der Waals surface area contributed by atoms with Crippen LogP contribution >= 0.6 is 11.6 Å². The van der Waals surface area contributed by atoms with Gasteiger partial charge in [-0.2, -0.15) is 0 Å². The number of nitrogens with zero attached hydrogens (tertiary/aromatic N) is 1. The molecule has 106 valence electrons. The zero-order valence-corrected chi connectivity index (χ0v) is 12.2. The average molecular weight is 296 g/mol. The Bertz CT molecular complexity index is 609. The molecule has 1 heterocycles. The Morgan fingerprint density at radius 1 is 1.35 bits per heavy atom. The van der Waals surface area contributed by atoms with E-state index >= 15 is 0 Å². The van der Waals surface area contributed by atoms with E-state index in [0.717, 1.165) is 4.90 Å². The number of rotatable bonds is 3. The molecule has 20 heavy (non-hydrogen) atoms. The van der Waals surface area contributed by atoms with Gasteiger partial charge >= 0.3 is 5.97 Å². The maximum Gasteiger partial charge on any atom is 0.326 e. The van der Waals surface area contributed by atoms with Gasteiger partial charge in [-0.15, -0.1) is 0 Å². The third kappa shape index (κ3) is 2.54. The maximum atomic E-state index is 12.0. The number of fused-ring (bicyclic) bond motifs is 1. The predicted molar refractivity (Wildman–Crippen MR) is 74.1 cm³/mol. The first kappa shape index (κ1) is 14.5. The lowest BCUT2D eigenvalue weighted by molar-refractivity contribution is -0.146. The number of aryl methyl sites for hydroxylation is 1. The van der Waals surface area contributed by atoms with Crippen LogP contribution in [0.4, 0.5) is 5.69 Å². The van der Waals surface area contributed by atoms with Crippen molar-refractivity contribution in [2.75, 3.05) is 11.4 Å². The summed E-state index contributed by atoms with van der Waals surface area (Å²) < 4.78 is 5.00. The second-order valence-electron chi connectivity index (χ2n) is 4.88. The molecule has 0 saturated heterocycles. The number of amides is 1. The summed E-state index contributed by atoms with van der Waals surface area (Å²) in [4.78, 5) is 36.7. The number of hydrogen-bond donors (Lipinski definition) is 0. The van der Waals surface area contributed by atoms with Crippen molar-refractivity contribution >= 4 is 34.9 Å². The highest BCUT2D eigenvalue weighted by Gasteiger charge is 2.38. The third-order valence-corrected chi connectivity index (χ3v) is 3.09. The van der Waals surface area contributed by atoms with Crippen LogP contribution in [0.25, 0.3) is 0 Å². The van der Waals surface area contributed by atoms with Gasteiger partial charge in [0.2, 0.25) is 0 Å². The number of Topliss-reactive ketones (excluding diaryl/α,β-unsaturated/α-hetero) is 1. The highest BCUT2D eigenvalue weighted by atomic mass is 35.5. The topological polar surface area (TPSA) is 63.7 Å². The first-order chi connectivity index (χ1) is 9.31. The summed E-state index contributed by atoms with van der Waals surface area (Å²) in [5.74, 6) is -1.93. The second kappa shape index (κ2) is 5.25. The highest BCUT2D eigenvalue weighted by Crippen LogP contribution is 2.34. The molecule has 0 aliphatic carbocycles. The van der Waals surface area contributed by atoms with Crippen molar-refractivity contribution in [2.24, 2.45) is 0 Å². The van der Waals surface area contributed by atoms with Crippen LogP contribution in [0, 0.1) is 6.92 Å². The SMILES string of the molecule is Cc1cc(Cl)cc2c1N(CC(=O)OC(C)C)C(=O)C2=O. The van der Waals surface area contributed by atoms with Crippen molar-refractivity contribution < 1.29 is 19.1 Å². The van der Waals surface area contributed by atoms with Gasteiger partial charge in [0.15, 0.2) is 0 Å². The van der Waals surface area contributed by atoms with Crippen LogP contribution in [0.15, 0.2) is 12.1 Å². The Kier molecular flexibility index (Phi) is 3.81. The van der Waals surface area contributed by atoms with Crippen LogP contribution in [0.1, 0.15) is 29.8 Å². The molecule has 0 radical (unpaired) electrons. The molecule has 0 fully saturated rings. The Morgan fingerprint density at radius 3 is 2.60 bits per heavy atom. The number of hydrogen-bond acceptors (Lipinski definition) is 4. The molecule has 0 aromatic heterocycles. The summed E-state index contributed by atoms with van der Waals surface area (Å²) in [5, 5.41) is 0.383. The van der Waals surface area contributed by atoms with Crippen molar-refractivity contribution in [2.45, 2.75) is 26.9 Å². The molecule has 6 heteroatoms. The quantitative estimate of drug-likeness (QED) is 0.633. The minimum Gasteiger partial charge on any atom is -0.462 e. The molecule has 1 aromatic rings. The fourth-order valence-electron chi connectivity index (χ4n) is 2.19. The third-order valence-electron chi connectivity index (χ3n) is 2.87. The van der Waals surface area contributed by atoms with E-state index in [0.29, 0.717) is 16.3 Å². The summed E-state index contributed by atoms with van der Waals surface area (Å²) in [6, 6.07) is 3.09. The zero-order chi connectivity index (χ0) is 15.0. The van der Waals surface area contributed by atoms with E-state index in [-0.39, 0.29) is 18.2 Å². The summed E-state index contributed by atoms with van der Waals surface area (Å²) >= 11 is 5.89. The van der Waals surface area contributed by atoms with Gasteiger partial charge in [0, 0.05) is 5.02 Å². The molecule has 5 nitrogen and oxygen atoms in total. The van der Waals surface area contributed by atoms with Crippen LogP contribution < -0.4 is 4.90 Å². The van der Waals surface area contributed by atoms with Crippen LogP contribution in [0.2, 0.25) is 5.02 Å². The highest BCUT2D eigenvalue weighted by molar-refractivity contribution is 6.53. The van der Waals surface area contributed by atoms with Crippen molar-refractivity contribution in [3.05, 3.63) is 28.3 Å². The van der Waals surface area contributed by atoms with E-state index in [4.69, 9.17) is 16.3 Å². The lowest BCUT2D eigenvalue weighted by atomic mass is 10.1. The van der Waals surface area contributed by atoms with Crippen molar-refractivity contribution in [3.8, 4) is 0 Å². The molecule has 1 aliphatic heterocycles. The lowest BCUT2D eigenvalue weighted by Crippen LogP contribution is -2.36. The van der Waals surface area contributed by atoms with E-state index < -0.39 is 17.7 Å². The van der Waals surface area contributed by atoms with Gasteiger partial charge in [-0.1, -0.05) is 11.6 Å². The monoisotopic (exact) mass is 295 g/mol. The molecule has 0 bridgehead atoms. The number of benzene rings is 1. The molecule has 1 aliphatic rings. The van der Waals surface area contributed by atoms with Gasteiger partial charge in [0.05, 0.1) is 17.4 Å². The summed E-state index contributed by atoms with van der Waals surface area (Å²) in [6.45, 7) is 4.89. The number of anilines is 1. The Labute approximate surface area is 121 Å². The number of ether oxygens (including phenoxy) is 1. The number of carbonyl (C=O) groups excluding carboxylic acids is 3. The van der Waals surface area contributed by atoms with E-state index in [1.807, 2.05) is 0 Å².